The van der Waals surface area contributed by atoms with Crippen molar-refractivity contribution in [1.82, 2.24) is 0 Å². The zero-order valence-electron chi connectivity index (χ0n) is 8.29. The van der Waals surface area contributed by atoms with Gasteiger partial charge in [-0.15, -0.1) is 0 Å². The van der Waals surface area contributed by atoms with Gasteiger partial charge in [-0.25, -0.2) is 0 Å². The molecule has 0 saturated carbocycles. The van der Waals surface area contributed by atoms with Crippen molar-refractivity contribution in [3.8, 4) is 6.07 Å². The number of hydrogen-bond acceptors (Lipinski definition) is 3. The molecule has 1 aromatic carbocycles. The molecule has 0 saturated heterocycles. The number of rotatable bonds is 5. The molecule has 0 aliphatic carbocycles. The second-order valence-electron chi connectivity index (χ2n) is 2.78. The molecule has 0 aliphatic heterocycles. The van der Waals surface area contributed by atoms with Gasteiger partial charge >= 0.3 is 0 Å². The summed E-state index contributed by atoms with van der Waals surface area (Å²) in [6.45, 7) is 3.06. The number of thioether (sulfide) groups is 1. The minimum absolute atomic E-state index is 0.717. The largest absolute Gasteiger partial charge is 0.383 e. The molecule has 0 aromatic heterocycles. The van der Waals surface area contributed by atoms with Crippen molar-refractivity contribution >= 4 is 17.4 Å². The Bertz CT molecular complexity index is 317. The first-order chi connectivity index (χ1) is 6.88. The number of nitriles is 1. The molecule has 2 nitrogen and oxygen atoms in total. The van der Waals surface area contributed by atoms with Gasteiger partial charge in [0.1, 0.15) is 6.07 Å². The van der Waals surface area contributed by atoms with E-state index in [1.807, 2.05) is 36.0 Å². The highest BCUT2D eigenvalue weighted by Crippen LogP contribution is 2.13. The Hall–Kier alpha value is -1.14. The molecule has 3 heteroatoms. The first-order valence-electron chi connectivity index (χ1n) is 4.69. The molecule has 1 aromatic rings. The van der Waals surface area contributed by atoms with Gasteiger partial charge in [0, 0.05) is 12.3 Å². The van der Waals surface area contributed by atoms with Crippen LogP contribution in [0.15, 0.2) is 24.3 Å². The number of para-hydroxylation sites is 1. The lowest BCUT2D eigenvalue weighted by atomic mass is 10.2. The molecule has 0 heterocycles. The molecule has 0 amide bonds. The standard InChI is InChI=1S/C11H14N2S/c1-2-14-8-7-13-11-6-4-3-5-10(11)9-12/h3-6,13H,2,7-8H2,1H3. The van der Waals surface area contributed by atoms with Crippen molar-refractivity contribution < 1.29 is 0 Å². The zero-order valence-corrected chi connectivity index (χ0v) is 9.10. The fourth-order valence-electron chi connectivity index (χ4n) is 1.14. The average Bonchev–Trinajstić information content (AvgIpc) is 2.25. The van der Waals surface area contributed by atoms with Gasteiger partial charge in [-0.3, -0.25) is 0 Å². The minimum Gasteiger partial charge on any atom is -0.383 e. The molecule has 1 rings (SSSR count). The molecule has 14 heavy (non-hydrogen) atoms. The van der Waals surface area contributed by atoms with Crippen LogP contribution in [0.2, 0.25) is 0 Å². The highest BCUT2D eigenvalue weighted by molar-refractivity contribution is 7.99. The molecular weight excluding hydrogens is 192 g/mol. The fraction of sp³-hybridized carbons (Fsp3) is 0.364. The number of anilines is 1. The predicted molar refractivity (Wildman–Crippen MR) is 62.6 cm³/mol. The summed E-state index contributed by atoms with van der Waals surface area (Å²) in [4.78, 5) is 0. The normalized spacial score (nSPS) is 9.43. The minimum atomic E-state index is 0.717. The monoisotopic (exact) mass is 206 g/mol. The van der Waals surface area contributed by atoms with Crippen molar-refractivity contribution in [3.63, 3.8) is 0 Å². The van der Waals surface area contributed by atoms with Gasteiger partial charge in [0.2, 0.25) is 0 Å². The smallest absolute Gasteiger partial charge is 0.101 e. The van der Waals surface area contributed by atoms with Crippen LogP contribution in [0.5, 0.6) is 0 Å². The third kappa shape index (κ3) is 3.31. The summed E-state index contributed by atoms with van der Waals surface area (Å²) in [5, 5.41) is 12.1. The number of hydrogen-bond donors (Lipinski definition) is 1. The van der Waals surface area contributed by atoms with E-state index in [1.165, 1.54) is 0 Å². The molecule has 1 N–H and O–H groups in total. The Balaban J connectivity index is 2.46. The zero-order chi connectivity index (χ0) is 10.2. The average molecular weight is 206 g/mol. The molecule has 0 aliphatic rings. The Morgan fingerprint density at radius 1 is 1.43 bits per heavy atom. The molecule has 0 unspecified atom stereocenters. The molecular formula is C11H14N2S. The van der Waals surface area contributed by atoms with E-state index in [0.29, 0.717) is 5.56 Å². The van der Waals surface area contributed by atoms with Crippen molar-refractivity contribution in [2.75, 3.05) is 23.4 Å². The van der Waals surface area contributed by atoms with E-state index < -0.39 is 0 Å². The van der Waals surface area contributed by atoms with Crippen LogP contribution in [0.1, 0.15) is 12.5 Å². The summed E-state index contributed by atoms with van der Waals surface area (Å²) in [7, 11) is 0. The predicted octanol–water partition coefficient (Wildman–Crippen LogP) is 2.72. The second-order valence-corrected chi connectivity index (χ2v) is 4.17. The lowest BCUT2D eigenvalue weighted by molar-refractivity contribution is 1.22. The Morgan fingerprint density at radius 3 is 2.93 bits per heavy atom. The first-order valence-corrected chi connectivity index (χ1v) is 5.84. The summed E-state index contributed by atoms with van der Waals surface area (Å²) < 4.78 is 0. The van der Waals surface area contributed by atoms with Crippen molar-refractivity contribution in [3.05, 3.63) is 29.8 Å². The van der Waals surface area contributed by atoms with Crippen LogP contribution in [0.3, 0.4) is 0 Å². The van der Waals surface area contributed by atoms with Crippen molar-refractivity contribution in [2.24, 2.45) is 0 Å². The van der Waals surface area contributed by atoms with Crippen LogP contribution in [-0.4, -0.2) is 18.1 Å². The molecule has 0 atom stereocenters. The van der Waals surface area contributed by atoms with Gasteiger partial charge < -0.3 is 5.32 Å². The quantitative estimate of drug-likeness (QED) is 0.752. The van der Waals surface area contributed by atoms with E-state index in [9.17, 15) is 0 Å². The van der Waals surface area contributed by atoms with E-state index in [4.69, 9.17) is 5.26 Å². The van der Waals surface area contributed by atoms with Crippen molar-refractivity contribution in [2.45, 2.75) is 6.92 Å². The van der Waals surface area contributed by atoms with Crippen LogP contribution in [0.4, 0.5) is 5.69 Å². The summed E-state index contributed by atoms with van der Waals surface area (Å²) >= 11 is 1.90. The van der Waals surface area contributed by atoms with Crippen LogP contribution in [0.25, 0.3) is 0 Å². The molecule has 0 fully saturated rings. The van der Waals surface area contributed by atoms with Gasteiger partial charge in [0.25, 0.3) is 0 Å². The maximum atomic E-state index is 8.83. The highest BCUT2D eigenvalue weighted by Gasteiger charge is 1.98. The Labute approximate surface area is 89.3 Å². The Morgan fingerprint density at radius 2 is 2.21 bits per heavy atom. The molecule has 0 spiro atoms. The number of benzene rings is 1. The lowest BCUT2D eigenvalue weighted by Gasteiger charge is -2.06. The number of nitrogens with one attached hydrogen (secondary N) is 1. The van der Waals surface area contributed by atoms with Gasteiger partial charge in [0.05, 0.1) is 11.3 Å². The van der Waals surface area contributed by atoms with Crippen LogP contribution in [-0.2, 0) is 0 Å². The van der Waals surface area contributed by atoms with Gasteiger partial charge in [-0.2, -0.15) is 17.0 Å². The van der Waals surface area contributed by atoms with Gasteiger partial charge in [0.15, 0.2) is 0 Å². The van der Waals surface area contributed by atoms with Crippen LogP contribution < -0.4 is 5.32 Å². The second kappa shape index (κ2) is 6.33. The summed E-state index contributed by atoms with van der Waals surface area (Å²) in [5.41, 5.74) is 1.65. The van der Waals surface area contributed by atoms with E-state index in [0.717, 1.165) is 23.7 Å². The summed E-state index contributed by atoms with van der Waals surface area (Å²) in [6, 6.07) is 9.76. The maximum absolute atomic E-state index is 8.83. The summed E-state index contributed by atoms with van der Waals surface area (Å²) in [5.74, 6) is 2.22. The van der Waals surface area contributed by atoms with E-state index in [1.54, 1.807) is 0 Å². The van der Waals surface area contributed by atoms with E-state index >= 15 is 0 Å². The highest BCUT2D eigenvalue weighted by atomic mass is 32.2. The lowest BCUT2D eigenvalue weighted by Crippen LogP contribution is -2.05. The van der Waals surface area contributed by atoms with Gasteiger partial charge in [-0.1, -0.05) is 19.1 Å². The van der Waals surface area contributed by atoms with Crippen LogP contribution in [0, 0.1) is 11.3 Å². The third-order valence-corrected chi connectivity index (χ3v) is 2.71. The molecule has 0 radical (unpaired) electrons. The first kappa shape index (κ1) is 10.9. The molecule has 0 bridgehead atoms. The summed E-state index contributed by atoms with van der Waals surface area (Å²) in [6.07, 6.45) is 0. The van der Waals surface area contributed by atoms with Crippen LogP contribution >= 0.6 is 11.8 Å². The third-order valence-electron chi connectivity index (χ3n) is 1.81. The number of nitrogens with zero attached hydrogens (tertiary/aromatic N) is 1. The Kier molecular flexibility index (Phi) is 4.95. The van der Waals surface area contributed by atoms with E-state index in [-0.39, 0.29) is 0 Å². The maximum Gasteiger partial charge on any atom is 0.101 e. The topological polar surface area (TPSA) is 35.8 Å². The fourth-order valence-corrected chi connectivity index (χ4v) is 1.67. The van der Waals surface area contributed by atoms with Crippen molar-refractivity contribution in [1.29, 1.82) is 5.26 Å². The van der Waals surface area contributed by atoms with Gasteiger partial charge in [-0.05, 0) is 17.9 Å². The van der Waals surface area contributed by atoms with E-state index in [2.05, 4.69) is 18.3 Å². The SMILES string of the molecule is CCSCCNc1ccccc1C#N. The molecule has 74 valence electrons.